The molecule has 0 unspecified atom stereocenters. The van der Waals surface area contributed by atoms with Crippen LogP contribution in [0.5, 0.6) is 5.88 Å². The molecule has 0 aromatic carbocycles. The maximum absolute atomic E-state index is 6.06. The molecule has 96 valence electrons. The number of hydrogen-bond acceptors (Lipinski definition) is 3. The van der Waals surface area contributed by atoms with Gasteiger partial charge in [-0.15, -0.1) is 0 Å². The fourth-order valence-corrected chi connectivity index (χ4v) is 1.69. The molecular weight excluding hydrogens is 236 g/mol. The van der Waals surface area contributed by atoms with E-state index in [0.717, 1.165) is 30.7 Å². The molecule has 0 aliphatic rings. The molecule has 1 aromatic rings. The summed E-state index contributed by atoms with van der Waals surface area (Å²) >= 11 is 6.06. The van der Waals surface area contributed by atoms with Crippen LogP contribution in [0.2, 0.25) is 5.15 Å². The van der Waals surface area contributed by atoms with Gasteiger partial charge in [0.25, 0.3) is 0 Å². The Morgan fingerprint density at radius 1 is 1.12 bits per heavy atom. The lowest BCUT2D eigenvalue weighted by Gasteiger charge is -2.10. The van der Waals surface area contributed by atoms with Gasteiger partial charge in [-0.3, -0.25) is 0 Å². The molecule has 1 heterocycles. The fraction of sp³-hybridized carbons (Fsp3) is 0.692. The van der Waals surface area contributed by atoms with E-state index < -0.39 is 0 Å². The van der Waals surface area contributed by atoms with Crippen molar-refractivity contribution in [2.45, 2.75) is 52.9 Å². The SMILES string of the molecule is CCCCCOc1nc(CCC)nc(Cl)c1C. The van der Waals surface area contributed by atoms with Crippen LogP contribution >= 0.6 is 11.6 Å². The zero-order valence-electron chi connectivity index (χ0n) is 10.9. The van der Waals surface area contributed by atoms with Crippen LogP contribution in [-0.4, -0.2) is 16.6 Å². The van der Waals surface area contributed by atoms with Crippen LogP contribution in [-0.2, 0) is 6.42 Å². The molecule has 3 nitrogen and oxygen atoms in total. The lowest BCUT2D eigenvalue weighted by molar-refractivity contribution is 0.291. The van der Waals surface area contributed by atoms with Crippen molar-refractivity contribution >= 4 is 11.6 Å². The summed E-state index contributed by atoms with van der Waals surface area (Å²) in [5, 5.41) is 0.508. The molecule has 0 amide bonds. The number of aromatic nitrogens is 2. The molecule has 1 rings (SSSR count). The Bertz CT molecular complexity index is 356. The summed E-state index contributed by atoms with van der Waals surface area (Å²) in [6.07, 6.45) is 5.27. The second kappa shape index (κ2) is 7.49. The Hall–Kier alpha value is -0.830. The summed E-state index contributed by atoms with van der Waals surface area (Å²) in [6.45, 7) is 6.87. The van der Waals surface area contributed by atoms with Crippen molar-refractivity contribution < 1.29 is 4.74 Å². The fourth-order valence-electron chi connectivity index (χ4n) is 1.51. The summed E-state index contributed by atoms with van der Waals surface area (Å²) in [4.78, 5) is 8.64. The van der Waals surface area contributed by atoms with E-state index >= 15 is 0 Å². The monoisotopic (exact) mass is 256 g/mol. The molecule has 0 spiro atoms. The molecular formula is C13H21ClN2O. The third-order valence-corrected chi connectivity index (χ3v) is 2.92. The Kier molecular flexibility index (Phi) is 6.27. The number of aryl methyl sites for hydroxylation is 1. The first-order chi connectivity index (χ1) is 8.19. The molecule has 0 saturated heterocycles. The first kappa shape index (κ1) is 14.2. The van der Waals surface area contributed by atoms with E-state index in [1.54, 1.807) is 0 Å². The molecule has 0 radical (unpaired) electrons. The average Bonchev–Trinajstić information content (AvgIpc) is 2.31. The minimum Gasteiger partial charge on any atom is -0.477 e. The summed E-state index contributed by atoms with van der Waals surface area (Å²) in [7, 11) is 0. The lowest BCUT2D eigenvalue weighted by Crippen LogP contribution is -2.05. The summed E-state index contributed by atoms with van der Waals surface area (Å²) < 4.78 is 5.67. The minimum atomic E-state index is 0.508. The maximum Gasteiger partial charge on any atom is 0.221 e. The van der Waals surface area contributed by atoms with E-state index in [1.165, 1.54) is 12.8 Å². The number of unbranched alkanes of at least 4 members (excludes halogenated alkanes) is 2. The van der Waals surface area contributed by atoms with Gasteiger partial charge in [0.1, 0.15) is 11.0 Å². The van der Waals surface area contributed by atoms with Crippen molar-refractivity contribution in [1.82, 2.24) is 9.97 Å². The maximum atomic E-state index is 6.06. The number of halogens is 1. The molecule has 1 aromatic heterocycles. The topological polar surface area (TPSA) is 35.0 Å². The highest BCUT2D eigenvalue weighted by Crippen LogP contribution is 2.22. The van der Waals surface area contributed by atoms with Crippen molar-refractivity contribution in [2.75, 3.05) is 6.61 Å². The quantitative estimate of drug-likeness (QED) is 0.547. The van der Waals surface area contributed by atoms with Crippen LogP contribution in [0, 0.1) is 6.92 Å². The normalized spacial score (nSPS) is 10.6. The smallest absolute Gasteiger partial charge is 0.221 e. The van der Waals surface area contributed by atoms with E-state index in [9.17, 15) is 0 Å². The van der Waals surface area contributed by atoms with Gasteiger partial charge in [-0.2, -0.15) is 4.98 Å². The third kappa shape index (κ3) is 4.50. The highest BCUT2D eigenvalue weighted by molar-refractivity contribution is 6.30. The molecule has 4 heteroatoms. The second-order valence-electron chi connectivity index (χ2n) is 4.17. The minimum absolute atomic E-state index is 0.508. The number of nitrogens with zero attached hydrogens (tertiary/aromatic N) is 2. The van der Waals surface area contributed by atoms with Crippen molar-refractivity contribution in [1.29, 1.82) is 0 Å². The van der Waals surface area contributed by atoms with Gasteiger partial charge in [0.05, 0.1) is 6.61 Å². The second-order valence-corrected chi connectivity index (χ2v) is 4.52. The highest BCUT2D eigenvalue weighted by atomic mass is 35.5. The number of hydrogen-bond donors (Lipinski definition) is 0. The first-order valence-corrected chi connectivity index (χ1v) is 6.72. The van der Waals surface area contributed by atoms with Gasteiger partial charge in [-0.1, -0.05) is 38.3 Å². The molecule has 17 heavy (non-hydrogen) atoms. The predicted octanol–water partition coefficient (Wildman–Crippen LogP) is 3.96. The standard InChI is InChI=1S/C13H21ClN2O/c1-4-6-7-9-17-13-10(3)12(14)15-11(16-13)8-5-2/h4-9H2,1-3H3. The largest absolute Gasteiger partial charge is 0.477 e. The van der Waals surface area contributed by atoms with Crippen LogP contribution in [0.3, 0.4) is 0 Å². The summed E-state index contributed by atoms with van der Waals surface area (Å²) in [5.74, 6) is 1.41. The van der Waals surface area contributed by atoms with Gasteiger partial charge in [-0.05, 0) is 19.8 Å². The highest BCUT2D eigenvalue weighted by Gasteiger charge is 2.09. The van der Waals surface area contributed by atoms with Gasteiger partial charge < -0.3 is 4.74 Å². The predicted molar refractivity (Wildman–Crippen MR) is 70.8 cm³/mol. The number of rotatable bonds is 7. The van der Waals surface area contributed by atoms with Crippen molar-refractivity contribution in [3.05, 3.63) is 16.5 Å². The van der Waals surface area contributed by atoms with Crippen molar-refractivity contribution in [3.63, 3.8) is 0 Å². The van der Waals surface area contributed by atoms with Crippen LogP contribution in [0.1, 0.15) is 50.9 Å². The molecule has 0 aliphatic carbocycles. The third-order valence-electron chi connectivity index (χ3n) is 2.55. The van der Waals surface area contributed by atoms with Gasteiger partial charge in [0.15, 0.2) is 0 Å². The van der Waals surface area contributed by atoms with E-state index in [2.05, 4.69) is 23.8 Å². The van der Waals surface area contributed by atoms with E-state index in [-0.39, 0.29) is 0 Å². The zero-order valence-corrected chi connectivity index (χ0v) is 11.7. The van der Waals surface area contributed by atoms with E-state index in [0.29, 0.717) is 17.6 Å². The van der Waals surface area contributed by atoms with Crippen LogP contribution in [0.15, 0.2) is 0 Å². The molecule has 0 N–H and O–H groups in total. The van der Waals surface area contributed by atoms with Gasteiger partial charge in [0.2, 0.25) is 5.88 Å². The molecule has 0 bridgehead atoms. The molecule has 0 atom stereocenters. The first-order valence-electron chi connectivity index (χ1n) is 6.34. The van der Waals surface area contributed by atoms with Crippen molar-refractivity contribution in [2.24, 2.45) is 0 Å². The number of ether oxygens (including phenoxy) is 1. The Balaban J connectivity index is 2.68. The summed E-state index contributed by atoms with van der Waals surface area (Å²) in [5.41, 5.74) is 0.836. The Morgan fingerprint density at radius 3 is 2.53 bits per heavy atom. The molecule has 0 saturated carbocycles. The molecule has 0 fully saturated rings. The van der Waals surface area contributed by atoms with Gasteiger partial charge in [-0.25, -0.2) is 4.98 Å². The Morgan fingerprint density at radius 2 is 1.88 bits per heavy atom. The lowest BCUT2D eigenvalue weighted by atomic mass is 10.3. The zero-order chi connectivity index (χ0) is 12.7. The van der Waals surface area contributed by atoms with Gasteiger partial charge >= 0.3 is 0 Å². The summed E-state index contributed by atoms with van der Waals surface area (Å²) in [6, 6.07) is 0. The van der Waals surface area contributed by atoms with E-state index in [1.807, 2.05) is 6.92 Å². The average molecular weight is 257 g/mol. The van der Waals surface area contributed by atoms with Crippen LogP contribution in [0.4, 0.5) is 0 Å². The molecule has 0 aliphatic heterocycles. The van der Waals surface area contributed by atoms with Crippen LogP contribution in [0.25, 0.3) is 0 Å². The van der Waals surface area contributed by atoms with E-state index in [4.69, 9.17) is 16.3 Å². The van der Waals surface area contributed by atoms with Crippen LogP contribution < -0.4 is 4.74 Å². The van der Waals surface area contributed by atoms with Crippen molar-refractivity contribution in [3.8, 4) is 5.88 Å². The van der Waals surface area contributed by atoms with Gasteiger partial charge in [0, 0.05) is 12.0 Å². The Labute approximate surface area is 109 Å².